The minimum absolute atomic E-state index is 0.751. The smallest absolute Gasteiger partial charge is 0.0587 e. The molecule has 88 valence electrons. The highest BCUT2D eigenvalue weighted by atomic mass is 16.5. The molecule has 1 N–H and O–H groups in total. The third-order valence-corrected chi connectivity index (χ3v) is 4.26. The van der Waals surface area contributed by atoms with E-state index in [1.165, 1.54) is 51.4 Å². The van der Waals surface area contributed by atoms with Crippen molar-refractivity contribution in [1.82, 2.24) is 5.32 Å². The van der Waals surface area contributed by atoms with Crippen LogP contribution in [0.4, 0.5) is 0 Å². The fourth-order valence-electron chi connectivity index (χ4n) is 3.38. The van der Waals surface area contributed by atoms with E-state index in [-0.39, 0.29) is 0 Å². The van der Waals surface area contributed by atoms with E-state index in [1.807, 2.05) is 0 Å². The number of rotatable bonds is 4. The van der Waals surface area contributed by atoms with E-state index in [9.17, 15) is 0 Å². The first-order chi connectivity index (χ1) is 7.35. The van der Waals surface area contributed by atoms with Crippen molar-refractivity contribution in [3.8, 4) is 0 Å². The average Bonchev–Trinajstić information content (AvgIpc) is 2.42. The molecule has 2 rings (SSSR count). The largest absolute Gasteiger partial charge is 0.383 e. The normalized spacial score (nSPS) is 26.2. The van der Waals surface area contributed by atoms with Crippen molar-refractivity contribution >= 4 is 0 Å². The fraction of sp³-hybridized carbons (Fsp3) is 1.00. The molecule has 0 amide bonds. The Bertz CT molecular complexity index is 177. The molecule has 1 spiro atoms. The first-order valence-corrected chi connectivity index (χ1v) is 6.57. The van der Waals surface area contributed by atoms with Crippen molar-refractivity contribution in [2.24, 2.45) is 5.41 Å². The molecule has 2 fully saturated rings. The summed E-state index contributed by atoms with van der Waals surface area (Å²) in [6, 6.07) is 0.790. The molecule has 2 aliphatic carbocycles. The lowest BCUT2D eigenvalue weighted by Gasteiger charge is -2.48. The van der Waals surface area contributed by atoms with Crippen LogP contribution in [0, 0.1) is 5.41 Å². The molecular formula is C13H25NO. The van der Waals surface area contributed by atoms with Gasteiger partial charge in [-0.3, -0.25) is 0 Å². The minimum Gasteiger partial charge on any atom is -0.383 e. The van der Waals surface area contributed by atoms with Crippen molar-refractivity contribution in [3.05, 3.63) is 0 Å². The number of nitrogens with one attached hydrogen (secondary N) is 1. The molecule has 0 atom stereocenters. The second kappa shape index (κ2) is 5.31. The van der Waals surface area contributed by atoms with Crippen LogP contribution in [-0.2, 0) is 4.74 Å². The van der Waals surface area contributed by atoms with Gasteiger partial charge in [-0.25, -0.2) is 0 Å². The monoisotopic (exact) mass is 211 g/mol. The molecule has 0 unspecified atom stereocenters. The third kappa shape index (κ3) is 2.94. The predicted octanol–water partition coefficient (Wildman–Crippen LogP) is 2.73. The van der Waals surface area contributed by atoms with Crippen LogP contribution in [0.25, 0.3) is 0 Å². The van der Waals surface area contributed by atoms with Crippen LogP contribution < -0.4 is 5.32 Å². The van der Waals surface area contributed by atoms with Crippen molar-refractivity contribution in [1.29, 1.82) is 0 Å². The zero-order valence-electron chi connectivity index (χ0n) is 10.1. The quantitative estimate of drug-likeness (QED) is 0.722. The van der Waals surface area contributed by atoms with Gasteiger partial charge in [-0.05, 0) is 31.1 Å². The maximum atomic E-state index is 5.06. The molecule has 2 nitrogen and oxygen atoms in total. The van der Waals surface area contributed by atoms with E-state index in [4.69, 9.17) is 4.74 Å². The summed E-state index contributed by atoms with van der Waals surface area (Å²) in [6.07, 6.45) is 11.8. The fourth-order valence-corrected chi connectivity index (χ4v) is 3.38. The van der Waals surface area contributed by atoms with Crippen molar-refractivity contribution in [3.63, 3.8) is 0 Å². The first-order valence-electron chi connectivity index (χ1n) is 6.57. The molecule has 0 saturated heterocycles. The van der Waals surface area contributed by atoms with Gasteiger partial charge in [0, 0.05) is 19.7 Å². The molecule has 0 bridgehead atoms. The number of hydrogen-bond donors (Lipinski definition) is 1. The van der Waals surface area contributed by atoms with Gasteiger partial charge in [-0.1, -0.05) is 25.7 Å². The van der Waals surface area contributed by atoms with E-state index >= 15 is 0 Å². The zero-order valence-corrected chi connectivity index (χ0v) is 10.1. The molecule has 0 aliphatic heterocycles. The SMILES string of the molecule is COCCNC1CC2(CCCCCC2)C1. The van der Waals surface area contributed by atoms with E-state index in [1.54, 1.807) is 7.11 Å². The maximum Gasteiger partial charge on any atom is 0.0587 e. The summed E-state index contributed by atoms with van der Waals surface area (Å²) in [5.74, 6) is 0. The van der Waals surface area contributed by atoms with Gasteiger partial charge >= 0.3 is 0 Å². The second-order valence-electron chi connectivity index (χ2n) is 5.47. The van der Waals surface area contributed by atoms with Crippen LogP contribution in [0.3, 0.4) is 0 Å². The highest BCUT2D eigenvalue weighted by molar-refractivity contribution is 4.98. The second-order valence-corrected chi connectivity index (χ2v) is 5.47. The van der Waals surface area contributed by atoms with Gasteiger partial charge < -0.3 is 10.1 Å². The number of ether oxygens (including phenoxy) is 1. The van der Waals surface area contributed by atoms with Crippen LogP contribution in [-0.4, -0.2) is 26.3 Å². The predicted molar refractivity (Wildman–Crippen MR) is 63.0 cm³/mol. The van der Waals surface area contributed by atoms with Gasteiger partial charge in [-0.15, -0.1) is 0 Å². The van der Waals surface area contributed by atoms with Gasteiger partial charge in [0.15, 0.2) is 0 Å². The van der Waals surface area contributed by atoms with Gasteiger partial charge in [0.1, 0.15) is 0 Å². The molecule has 15 heavy (non-hydrogen) atoms. The van der Waals surface area contributed by atoms with E-state index in [2.05, 4.69) is 5.32 Å². The summed E-state index contributed by atoms with van der Waals surface area (Å²) in [5.41, 5.74) is 0.751. The summed E-state index contributed by atoms with van der Waals surface area (Å²) in [5, 5.41) is 3.59. The van der Waals surface area contributed by atoms with E-state index < -0.39 is 0 Å². The highest BCUT2D eigenvalue weighted by Gasteiger charge is 2.43. The van der Waals surface area contributed by atoms with E-state index in [0.29, 0.717) is 0 Å². The summed E-state index contributed by atoms with van der Waals surface area (Å²) in [6.45, 7) is 1.88. The Labute approximate surface area is 93.8 Å². The van der Waals surface area contributed by atoms with E-state index in [0.717, 1.165) is 24.6 Å². The lowest BCUT2D eigenvalue weighted by molar-refractivity contribution is 0.0590. The highest BCUT2D eigenvalue weighted by Crippen LogP contribution is 2.50. The van der Waals surface area contributed by atoms with Crippen LogP contribution >= 0.6 is 0 Å². The molecule has 0 radical (unpaired) electrons. The minimum atomic E-state index is 0.751. The van der Waals surface area contributed by atoms with Crippen LogP contribution in [0.1, 0.15) is 51.4 Å². The molecule has 2 aliphatic rings. The summed E-state index contributed by atoms with van der Waals surface area (Å²) in [4.78, 5) is 0. The molecule has 0 aromatic heterocycles. The van der Waals surface area contributed by atoms with Gasteiger partial charge in [0.05, 0.1) is 6.61 Å². The van der Waals surface area contributed by atoms with Gasteiger partial charge in [0.25, 0.3) is 0 Å². The lowest BCUT2D eigenvalue weighted by Crippen LogP contribution is -2.49. The Kier molecular flexibility index (Phi) is 4.04. The van der Waals surface area contributed by atoms with Crippen molar-refractivity contribution in [2.75, 3.05) is 20.3 Å². The summed E-state index contributed by atoms with van der Waals surface area (Å²) in [7, 11) is 1.77. The topological polar surface area (TPSA) is 21.3 Å². The summed E-state index contributed by atoms with van der Waals surface area (Å²) < 4.78 is 5.06. The average molecular weight is 211 g/mol. The van der Waals surface area contributed by atoms with Crippen LogP contribution in [0.15, 0.2) is 0 Å². The van der Waals surface area contributed by atoms with Crippen LogP contribution in [0.5, 0.6) is 0 Å². The zero-order chi connectivity index (χ0) is 10.6. The molecule has 2 heteroatoms. The third-order valence-electron chi connectivity index (χ3n) is 4.26. The maximum absolute atomic E-state index is 5.06. The molecule has 0 aromatic carbocycles. The Morgan fingerprint density at radius 3 is 2.40 bits per heavy atom. The molecule has 2 saturated carbocycles. The molecule has 0 heterocycles. The number of methoxy groups -OCH3 is 1. The summed E-state index contributed by atoms with van der Waals surface area (Å²) >= 11 is 0. The van der Waals surface area contributed by atoms with Crippen molar-refractivity contribution in [2.45, 2.75) is 57.4 Å². The molecular weight excluding hydrogens is 186 g/mol. The van der Waals surface area contributed by atoms with Crippen molar-refractivity contribution < 1.29 is 4.74 Å². The first kappa shape index (κ1) is 11.4. The standard InChI is InChI=1S/C13H25NO/c1-15-9-8-14-12-10-13(11-12)6-4-2-3-5-7-13/h12,14H,2-11H2,1H3. The number of hydrogen-bond acceptors (Lipinski definition) is 2. The lowest BCUT2D eigenvalue weighted by atomic mass is 9.61. The molecule has 0 aromatic rings. The van der Waals surface area contributed by atoms with Gasteiger partial charge in [0.2, 0.25) is 0 Å². The Morgan fingerprint density at radius 1 is 1.13 bits per heavy atom. The Balaban J connectivity index is 1.66. The van der Waals surface area contributed by atoms with Gasteiger partial charge in [-0.2, -0.15) is 0 Å². The van der Waals surface area contributed by atoms with Crippen LogP contribution in [0.2, 0.25) is 0 Å². The Morgan fingerprint density at radius 2 is 1.80 bits per heavy atom. The Hall–Kier alpha value is -0.0800.